The zero-order chi connectivity index (χ0) is 40.0. The van der Waals surface area contributed by atoms with Gasteiger partial charge in [-0.2, -0.15) is 0 Å². The minimum absolute atomic E-state index is 0.348. The summed E-state index contributed by atoms with van der Waals surface area (Å²) in [6, 6.07) is 88.4. The smallest absolute Gasteiger partial charge is 0.0195 e. The fourth-order valence-corrected chi connectivity index (χ4v) is 17.6. The van der Waals surface area contributed by atoms with Gasteiger partial charge in [-0.3, -0.25) is 0 Å². The first-order chi connectivity index (χ1) is 28.8. The number of benzene rings is 8. The number of rotatable bonds is 14. The Morgan fingerprint density at radius 2 is 0.310 bits per heavy atom. The maximum atomic E-state index is 4.65. The zero-order valence-electron chi connectivity index (χ0n) is 32.5. The molecule has 0 spiro atoms. The molecule has 0 radical (unpaired) electrons. The first-order valence-electron chi connectivity index (χ1n) is 19.5. The third kappa shape index (κ3) is 13.2. The van der Waals surface area contributed by atoms with Gasteiger partial charge in [0.2, 0.25) is 0 Å². The van der Waals surface area contributed by atoms with Gasteiger partial charge in [0.1, 0.15) is 0 Å². The third-order valence-corrected chi connectivity index (χ3v) is 20.4. The second-order valence-electron chi connectivity index (χ2n) is 13.3. The first kappa shape index (κ1) is 44.0. The average molecular weight is 928 g/mol. The molecule has 58 heavy (non-hydrogen) atoms. The van der Waals surface area contributed by atoms with E-state index in [0.29, 0.717) is 0 Å². The van der Waals surface area contributed by atoms with Crippen LogP contribution in [0.1, 0.15) is 0 Å². The van der Waals surface area contributed by atoms with E-state index in [-0.39, 0.29) is 31.7 Å². The molecule has 0 amide bonds. The van der Waals surface area contributed by atoms with Crippen LogP contribution in [0, 0.1) is 0 Å². The molecule has 0 aliphatic carbocycles. The van der Waals surface area contributed by atoms with Gasteiger partial charge in [-0.05, 0) is 98.8 Å². The summed E-state index contributed by atoms with van der Waals surface area (Å²) in [5.41, 5.74) is 0. The normalized spacial score (nSPS) is 10.8. The summed E-state index contributed by atoms with van der Waals surface area (Å²) < 4.78 is 0. The maximum Gasteiger partial charge on any atom is -0.0195 e. The van der Waals surface area contributed by atoms with Crippen LogP contribution in [0.2, 0.25) is 0 Å². The van der Waals surface area contributed by atoms with Crippen LogP contribution in [0.4, 0.5) is 0 Å². The van der Waals surface area contributed by atoms with E-state index in [1.165, 1.54) is 85.9 Å². The summed E-state index contributed by atoms with van der Waals surface area (Å²) >= 11 is 1.42. The standard InChI is InChI=1S/2C26H24P2.ClH.Mo/c2*1-5-13-23(14-6-1)27(24-15-7-2-8-16-24)21-22-28(25-17-9-3-10-18-25)26-19-11-4-12-20-26;;/h2*1-20H,21-22H2;1H;/q;;;+1/p-1. The Kier molecular flexibility index (Phi) is 19.1. The molecule has 0 bridgehead atoms. The Balaban J connectivity index is 0.000000188. The number of halogens is 1. The molecule has 0 nitrogen and oxygen atoms in total. The van der Waals surface area contributed by atoms with Gasteiger partial charge in [-0.15, -0.1) is 0 Å². The monoisotopic (exact) mass is 929 g/mol. The van der Waals surface area contributed by atoms with Crippen LogP contribution in [0.25, 0.3) is 0 Å². The van der Waals surface area contributed by atoms with Crippen molar-refractivity contribution in [3.8, 4) is 0 Å². The van der Waals surface area contributed by atoms with Crippen molar-refractivity contribution in [2.75, 3.05) is 24.6 Å². The second-order valence-corrected chi connectivity index (χ2v) is 22.6. The molecule has 0 unspecified atom stereocenters. The molecule has 289 valence electrons. The molecule has 0 aliphatic rings. The van der Waals surface area contributed by atoms with E-state index < -0.39 is 0 Å². The van der Waals surface area contributed by atoms with Crippen LogP contribution in [0.15, 0.2) is 243 Å². The number of hydrogen-bond acceptors (Lipinski definition) is 0. The van der Waals surface area contributed by atoms with E-state index in [1.54, 1.807) is 0 Å². The Morgan fingerprint density at radius 3 is 0.414 bits per heavy atom. The molecule has 0 atom stereocenters. The Hall–Kier alpha value is -3.54. The van der Waals surface area contributed by atoms with Crippen molar-refractivity contribution < 1.29 is 18.8 Å². The van der Waals surface area contributed by atoms with Crippen molar-refractivity contribution >= 4 is 83.5 Å². The minimum atomic E-state index is -0.348. The molecule has 8 aromatic rings. The molecule has 8 aromatic carbocycles. The van der Waals surface area contributed by atoms with Gasteiger partial charge in [-0.25, -0.2) is 0 Å². The van der Waals surface area contributed by atoms with Crippen molar-refractivity contribution in [3.63, 3.8) is 0 Å². The maximum absolute atomic E-state index is 4.65. The molecule has 0 saturated carbocycles. The van der Waals surface area contributed by atoms with Gasteiger partial charge >= 0.3 is 28.2 Å². The summed E-state index contributed by atoms with van der Waals surface area (Å²) in [7, 11) is 3.26. The molecule has 0 aliphatic heterocycles. The topological polar surface area (TPSA) is 0 Å². The average Bonchev–Trinajstić information content (AvgIpc) is 3.32. The van der Waals surface area contributed by atoms with E-state index in [2.05, 4.69) is 252 Å². The summed E-state index contributed by atoms with van der Waals surface area (Å²) in [5.74, 6) is 0. The van der Waals surface area contributed by atoms with Gasteiger partial charge in [0.05, 0.1) is 0 Å². The van der Waals surface area contributed by atoms with Crippen molar-refractivity contribution in [1.82, 2.24) is 0 Å². The van der Waals surface area contributed by atoms with Gasteiger partial charge in [0, 0.05) is 0 Å². The van der Waals surface area contributed by atoms with Crippen molar-refractivity contribution in [2.24, 2.45) is 0 Å². The summed E-state index contributed by atoms with van der Waals surface area (Å²) in [6.07, 6.45) is 4.83. The molecular formula is C52H48ClMoP4. The second kappa shape index (κ2) is 25.2. The molecule has 0 heterocycles. The van der Waals surface area contributed by atoms with Crippen molar-refractivity contribution in [3.05, 3.63) is 243 Å². The van der Waals surface area contributed by atoms with Crippen LogP contribution in [0.5, 0.6) is 0 Å². The minimum Gasteiger partial charge on any atom is -0.0622 e. The quantitative estimate of drug-likeness (QED) is 0.0753. The summed E-state index contributed by atoms with van der Waals surface area (Å²) in [5, 5.41) is 11.8. The van der Waals surface area contributed by atoms with E-state index in [9.17, 15) is 0 Å². The first-order valence-corrected chi connectivity index (χ1v) is 28.2. The third-order valence-electron chi connectivity index (χ3n) is 9.64. The van der Waals surface area contributed by atoms with Crippen LogP contribution in [0.3, 0.4) is 0 Å². The SMILES string of the molecule is [Cl][Mo].c1ccc(P(CCP(c2ccccc2)c2ccccc2)c2ccccc2)cc1.c1ccc(P(CCP(c2ccccc2)c2ccccc2)c2ccccc2)cc1. The molecular weight excluding hydrogens is 880 g/mol. The van der Waals surface area contributed by atoms with Crippen LogP contribution in [-0.2, 0) is 18.8 Å². The van der Waals surface area contributed by atoms with Gasteiger partial charge in [-0.1, -0.05) is 243 Å². The van der Waals surface area contributed by atoms with E-state index in [0.717, 1.165) is 0 Å². The summed E-state index contributed by atoms with van der Waals surface area (Å²) in [4.78, 5) is 0. The van der Waals surface area contributed by atoms with E-state index >= 15 is 0 Å². The van der Waals surface area contributed by atoms with Crippen molar-refractivity contribution in [1.29, 1.82) is 0 Å². The Morgan fingerprint density at radius 1 is 0.207 bits per heavy atom. The van der Waals surface area contributed by atoms with Gasteiger partial charge < -0.3 is 0 Å². The Bertz CT molecular complexity index is 1760. The largest absolute Gasteiger partial charge is 0.0622 e. The molecule has 0 fully saturated rings. The van der Waals surface area contributed by atoms with Crippen molar-refractivity contribution in [2.45, 2.75) is 0 Å². The van der Waals surface area contributed by atoms with Crippen LogP contribution >= 0.6 is 41.1 Å². The predicted octanol–water partition coefficient (Wildman–Crippen LogP) is 11.2. The van der Waals surface area contributed by atoms with Gasteiger partial charge in [0.15, 0.2) is 0 Å². The summed E-state index contributed by atoms with van der Waals surface area (Å²) in [6.45, 7) is 0. The predicted molar refractivity (Wildman–Crippen MR) is 262 cm³/mol. The van der Waals surface area contributed by atoms with E-state index in [1.807, 2.05) is 0 Å². The molecule has 6 heteroatoms. The number of hydrogen-bond donors (Lipinski definition) is 0. The zero-order valence-corrected chi connectivity index (χ0v) is 38.8. The van der Waals surface area contributed by atoms with E-state index in [4.69, 9.17) is 0 Å². The van der Waals surface area contributed by atoms with Crippen LogP contribution < -0.4 is 42.4 Å². The molecule has 0 N–H and O–H groups in total. The molecule has 0 saturated heterocycles. The Labute approximate surface area is 367 Å². The van der Waals surface area contributed by atoms with Crippen LogP contribution in [-0.4, -0.2) is 24.6 Å². The molecule has 8 rings (SSSR count). The molecule has 0 aromatic heterocycles. The fourth-order valence-electron chi connectivity index (χ4n) is 6.89. The van der Waals surface area contributed by atoms with Gasteiger partial charge in [0.25, 0.3) is 0 Å². The fraction of sp³-hybridized carbons (Fsp3) is 0.0769.